The summed E-state index contributed by atoms with van der Waals surface area (Å²) >= 11 is 3.44. The van der Waals surface area contributed by atoms with E-state index < -0.39 is 12.0 Å². The molecular formula is C18H16BrF2NO4. The molecule has 1 unspecified atom stereocenters. The average Bonchev–Trinajstić information content (AvgIpc) is 3.26. The SMILES string of the molecule is CC(NCc1cc2c(cc1Br)OCO2)C(F)(F)c1ccc2c(c1)OCO2. The predicted molar refractivity (Wildman–Crippen MR) is 93.0 cm³/mol. The molecule has 2 aromatic rings. The van der Waals surface area contributed by atoms with E-state index in [1.807, 2.05) is 0 Å². The van der Waals surface area contributed by atoms with Crippen molar-refractivity contribution in [3.63, 3.8) is 0 Å². The van der Waals surface area contributed by atoms with Gasteiger partial charge in [0.05, 0.1) is 6.04 Å². The number of benzene rings is 2. The van der Waals surface area contributed by atoms with Crippen molar-refractivity contribution in [3.05, 3.63) is 45.9 Å². The Kier molecular flexibility index (Phi) is 4.40. The van der Waals surface area contributed by atoms with Gasteiger partial charge in [0.15, 0.2) is 23.0 Å². The fourth-order valence-electron chi connectivity index (χ4n) is 2.84. The molecule has 0 saturated carbocycles. The first-order chi connectivity index (χ1) is 12.4. The Labute approximate surface area is 157 Å². The van der Waals surface area contributed by atoms with Crippen LogP contribution in [0.4, 0.5) is 8.78 Å². The van der Waals surface area contributed by atoms with Gasteiger partial charge in [0.25, 0.3) is 5.92 Å². The fourth-order valence-corrected chi connectivity index (χ4v) is 3.30. The van der Waals surface area contributed by atoms with Crippen molar-refractivity contribution in [2.75, 3.05) is 13.6 Å². The minimum atomic E-state index is -3.08. The Morgan fingerprint density at radius 2 is 1.62 bits per heavy atom. The lowest BCUT2D eigenvalue weighted by molar-refractivity contribution is -0.0383. The summed E-state index contributed by atoms with van der Waals surface area (Å²) in [5, 5.41) is 2.89. The van der Waals surface area contributed by atoms with Gasteiger partial charge in [-0.05, 0) is 42.8 Å². The summed E-state index contributed by atoms with van der Waals surface area (Å²) < 4.78 is 51.4. The van der Waals surface area contributed by atoms with Crippen LogP contribution in [0.15, 0.2) is 34.8 Å². The van der Waals surface area contributed by atoms with Gasteiger partial charge in [-0.2, -0.15) is 8.78 Å². The third-order valence-corrected chi connectivity index (χ3v) is 5.18. The minimum absolute atomic E-state index is 0.0519. The van der Waals surface area contributed by atoms with Gasteiger partial charge in [-0.15, -0.1) is 0 Å². The monoisotopic (exact) mass is 427 g/mol. The van der Waals surface area contributed by atoms with Crippen LogP contribution in [0.3, 0.4) is 0 Å². The summed E-state index contributed by atoms with van der Waals surface area (Å²) in [6.07, 6.45) is 0. The molecule has 2 heterocycles. The Morgan fingerprint density at radius 1 is 1.00 bits per heavy atom. The van der Waals surface area contributed by atoms with Crippen LogP contribution < -0.4 is 24.3 Å². The van der Waals surface area contributed by atoms with Crippen LogP contribution in [0.2, 0.25) is 0 Å². The largest absolute Gasteiger partial charge is 0.454 e. The minimum Gasteiger partial charge on any atom is -0.454 e. The molecule has 1 N–H and O–H groups in total. The van der Waals surface area contributed by atoms with Crippen molar-refractivity contribution in [2.24, 2.45) is 0 Å². The summed E-state index contributed by atoms with van der Waals surface area (Å²) in [5.74, 6) is -1.01. The number of alkyl halides is 2. The Hall–Kier alpha value is -2.06. The van der Waals surface area contributed by atoms with E-state index in [1.54, 1.807) is 12.1 Å². The molecule has 0 amide bonds. The molecule has 0 bridgehead atoms. The van der Waals surface area contributed by atoms with E-state index in [1.165, 1.54) is 25.1 Å². The standard InChI is InChI=1S/C18H16BrF2NO4/c1-10(18(20,21)12-2-3-14-16(5-12)25-8-23-14)22-7-11-4-15-17(6-13(11)19)26-9-24-15/h2-6,10,22H,7-9H2,1H3. The van der Waals surface area contributed by atoms with Crippen LogP contribution in [0, 0.1) is 0 Å². The number of fused-ring (bicyclic) bond motifs is 2. The Balaban J connectivity index is 1.48. The lowest BCUT2D eigenvalue weighted by Gasteiger charge is -2.25. The van der Waals surface area contributed by atoms with Gasteiger partial charge in [0.2, 0.25) is 13.6 Å². The molecule has 0 saturated heterocycles. The van der Waals surface area contributed by atoms with Gasteiger partial charge in [0, 0.05) is 16.6 Å². The first kappa shape index (κ1) is 17.4. The van der Waals surface area contributed by atoms with Crippen LogP contribution in [0.1, 0.15) is 18.1 Å². The normalized spacial score (nSPS) is 16.0. The molecule has 138 valence electrons. The van der Waals surface area contributed by atoms with Crippen LogP contribution in [0.5, 0.6) is 23.0 Å². The molecule has 26 heavy (non-hydrogen) atoms. The molecule has 0 radical (unpaired) electrons. The Morgan fingerprint density at radius 3 is 2.35 bits per heavy atom. The van der Waals surface area contributed by atoms with E-state index in [-0.39, 0.29) is 25.7 Å². The molecule has 2 aliphatic heterocycles. The maximum Gasteiger partial charge on any atom is 0.288 e. The number of halogens is 3. The second-order valence-electron chi connectivity index (χ2n) is 6.09. The van der Waals surface area contributed by atoms with Crippen LogP contribution in [-0.2, 0) is 12.5 Å². The second kappa shape index (κ2) is 6.59. The highest BCUT2D eigenvalue weighted by Gasteiger charge is 2.39. The third-order valence-electron chi connectivity index (χ3n) is 4.44. The van der Waals surface area contributed by atoms with E-state index in [4.69, 9.17) is 18.9 Å². The lowest BCUT2D eigenvalue weighted by Crippen LogP contribution is -2.40. The zero-order valence-corrected chi connectivity index (χ0v) is 15.4. The van der Waals surface area contributed by atoms with E-state index in [0.29, 0.717) is 23.0 Å². The molecule has 2 aromatic carbocycles. The van der Waals surface area contributed by atoms with Crippen LogP contribution >= 0.6 is 15.9 Å². The second-order valence-corrected chi connectivity index (χ2v) is 6.94. The molecule has 4 rings (SSSR count). The maximum atomic E-state index is 14.8. The zero-order chi connectivity index (χ0) is 18.3. The Bertz CT molecular complexity index is 846. The van der Waals surface area contributed by atoms with Crippen LogP contribution in [0.25, 0.3) is 0 Å². The van der Waals surface area contributed by atoms with E-state index in [0.717, 1.165) is 10.0 Å². The summed E-state index contributed by atoms with van der Waals surface area (Å²) in [7, 11) is 0. The molecule has 5 nitrogen and oxygen atoms in total. The highest BCUT2D eigenvalue weighted by molar-refractivity contribution is 9.10. The number of hydrogen-bond acceptors (Lipinski definition) is 5. The van der Waals surface area contributed by atoms with Crippen molar-refractivity contribution in [3.8, 4) is 23.0 Å². The molecule has 0 aliphatic carbocycles. The molecule has 0 aromatic heterocycles. The number of ether oxygens (including phenoxy) is 4. The summed E-state index contributed by atoms with van der Waals surface area (Å²) in [5.41, 5.74) is 0.689. The zero-order valence-electron chi connectivity index (χ0n) is 13.9. The number of rotatable bonds is 5. The molecule has 0 spiro atoms. The number of hydrogen-bond donors (Lipinski definition) is 1. The topological polar surface area (TPSA) is 49.0 Å². The van der Waals surface area contributed by atoms with Gasteiger partial charge in [0.1, 0.15) is 0 Å². The molecule has 1 atom stereocenters. The maximum absolute atomic E-state index is 14.8. The molecule has 8 heteroatoms. The van der Waals surface area contributed by atoms with Crippen molar-refractivity contribution in [2.45, 2.75) is 25.4 Å². The van der Waals surface area contributed by atoms with Gasteiger partial charge in [-0.25, -0.2) is 0 Å². The molecular weight excluding hydrogens is 412 g/mol. The lowest BCUT2D eigenvalue weighted by atomic mass is 10.0. The molecule has 0 fully saturated rings. The third kappa shape index (κ3) is 3.07. The van der Waals surface area contributed by atoms with Gasteiger partial charge < -0.3 is 24.3 Å². The van der Waals surface area contributed by atoms with Crippen molar-refractivity contribution < 1.29 is 27.7 Å². The van der Waals surface area contributed by atoms with E-state index in [2.05, 4.69) is 21.2 Å². The first-order valence-electron chi connectivity index (χ1n) is 8.04. The summed E-state index contributed by atoms with van der Waals surface area (Å²) in [6, 6.07) is 6.66. The van der Waals surface area contributed by atoms with E-state index >= 15 is 0 Å². The highest BCUT2D eigenvalue weighted by atomic mass is 79.9. The van der Waals surface area contributed by atoms with Crippen molar-refractivity contribution >= 4 is 15.9 Å². The fraction of sp³-hybridized carbons (Fsp3) is 0.333. The first-order valence-corrected chi connectivity index (χ1v) is 8.84. The van der Waals surface area contributed by atoms with Gasteiger partial charge in [-0.3, -0.25) is 0 Å². The highest BCUT2D eigenvalue weighted by Crippen LogP contribution is 2.40. The molecule has 2 aliphatic rings. The van der Waals surface area contributed by atoms with Gasteiger partial charge in [-0.1, -0.05) is 15.9 Å². The van der Waals surface area contributed by atoms with Gasteiger partial charge >= 0.3 is 0 Å². The predicted octanol–water partition coefficient (Wildman–Crippen LogP) is 4.18. The quantitative estimate of drug-likeness (QED) is 0.775. The number of nitrogens with one attached hydrogen (secondary N) is 1. The summed E-state index contributed by atoms with van der Waals surface area (Å²) in [4.78, 5) is 0. The summed E-state index contributed by atoms with van der Waals surface area (Å²) in [6.45, 7) is 1.91. The average molecular weight is 428 g/mol. The smallest absolute Gasteiger partial charge is 0.288 e. The van der Waals surface area contributed by atoms with E-state index in [9.17, 15) is 8.78 Å². The van der Waals surface area contributed by atoms with Crippen LogP contribution in [-0.4, -0.2) is 19.6 Å². The van der Waals surface area contributed by atoms with Crippen molar-refractivity contribution in [1.29, 1.82) is 0 Å². The van der Waals surface area contributed by atoms with Crippen molar-refractivity contribution in [1.82, 2.24) is 5.32 Å².